The summed E-state index contributed by atoms with van der Waals surface area (Å²) in [4.78, 5) is 42.5. The standard InChI is InChI=1S/C38H33F8N3O5/c1-3-53-32(51)16-29-26-13-23(14-28(34(26)40)38(44,45)46)33-20(2)6-4-9-30(33)54-25-8-5-7-21(12-25)35(36(52)47-29)49-17-22(10-11-48-18-24(39)19-48)27(15-31(49)50)37(41,42)43/h4-9,12-15,17,24,29,35H,3,10-11,16,18-19H2,1-2H3,(H,47,52)/t29-,35-/m0/s1. The Hall–Kier alpha value is -5.25. The average molecular weight is 764 g/mol. The number of aromatic nitrogens is 1. The molecule has 4 bridgehead atoms. The number of fused-ring (bicyclic) bond motifs is 6. The van der Waals surface area contributed by atoms with Crippen molar-refractivity contribution in [2.45, 2.75) is 57.3 Å². The van der Waals surface area contributed by atoms with Crippen LogP contribution in [0.5, 0.6) is 11.5 Å². The van der Waals surface area contributed by atoms with Gasteiger partial charge in [0.1, 0.15) is 29.5 Å². The van der Waals surface area contributed by atoms with Gasteiger partial charge in [0, 0.05) is 43.0 Å². The first-order chi connectivity index (χ1) is 25.4. The Morgan fingerprint density at radius 3 is 2.33 bits per heavy atom. The van der Waals surface area contributed by atoms with E-state index in [0.29, 0.717) is 17.7 Å². The maximum Gasteiger partial charge on any atom is 0.419 e. The molecule has 8 nitrogen and oxygen atoms in total. The molecule has 1 amide bonds. The third-order valence-corrected chi connectivity index (χ3v) is 9.30. The van der Waals surface area contributed by atoms with Crippen molar-refractivity contribution in [3.05, 3.63) is 116 Å². The molecule has 6 rings (SSSR count). The van der Waals surface area contributed by atoms with Crippen LogP contribution in [-0.2, 0) is 33.1 Å². The van der Waals surface area contributed by atoms with Crippen LogP contribution in [0.1, 0.15) is 58.8 Å². The van der Waals surface area contributed by atoms with E-state index in [9.17, 15) is 45.1 Å². The summed E-state index contributed by atoms with van der Waals surface area (Å²) in [6, 6.07) is 8.53. The molecular formula is C38H33F8N3O5. The maximum absolute atomic E-state index is 16.1. The number of halogens is 8. The number of hydrogen-bond acceptors (Lipinski definition) is 6. The molecule has 286 valence electrons. The van der Waals surface area contributed by atoms with Crippen molar-refractivity contribution >= 4 is 11.9 Å². The Labute approximate surface area is 303 Å². The van der Waals surface area contributed by atoms with Gasteiger partial charge in [-0.1, -0.05) is 24.3 Å². The Kier molecular flexibility index (Phi) is 10.6. The highest BCUT2D eigenvalue weighted by atomic mass is 19.4. The highest BCUT2D eigenvalue weighted by Gasteiger charge is 2.40. The van der Waals surface area contributed by atoms with Crippen LogP contribution in [-0.4, -0.2) is 53.8 Å². The number of benzene rings is 3. The van der Waals surface area contributed by atoms with Crippen LogP contribution >= 0.6 is 0 Å². The van der Waals surface area contributed by atoms with E-state index in [1.54, 1.807) is 24.0 Å². The van der Waals surface area contributed by atoms with Crippen LogP contribution in [0.15, 0.2) is 71.7 Å². The summed E-state index contributed by atoms with van der Waals surface area (Å²) >= 11 is 0. The summed E-state index contributed by atoms with van der Waals surface area (Å²) in [7, 11) is 0. The number of nitrogens with one attached hydrogen (secondary N) is 1. The van der Waals surface area contributed by atoms with Gasteiger partial charge >= 0.3 is 18.3 Å². The van der Waals surface area contributed by atoms with E-state index in [-0.39, 0.29) is 60.9 Å². The molecule has 1 N–H and O–H groups in total. The van der Waals surface area contributed by atoms with Crippen LogP contribution in [0.4, 0.5) is 35.1 Å². The fourth-order valence-electron chi connectivity index (χ4n) is 6.76. The van der Waals surface area contributed by atoms with Gasteiger partial charge in [0.2, 0.25) is 5.91 Å². The topological polar surface area (TPSA) is 89.9 Å². The van der Waals surface area contributed by atoms with Crippen molar-refractivity contribution in [1.82, 2.24) is 14.8 Å². The highest BCUT2D eigenvalue weighted by Crippen LogP contribution is 2.43. The number of esters is 1. The molecule has 0 saturated carbocycles. The van der Waals surface area contributed by atoms with Gasteiger partial charge in [-0.15, -0.1) is 0 Å². The third-order valence-electron chi connectivity index (χ3n) is 9.30. The first-order valence-corrected chi connectivity index (χ1v) is 16.9. The number of hydrogen-bond donors (Lipinski definition) is 1. The quantitative estimate of drug-likeness (QED) is 0.153. The van der Waals surface area contributed by atoms with Gasteiger partial charge in [-0.3, -0.25) is 23.9 Å². The van der Waals surface area contributed by atoms with Gasteiger partial charge in [-0.05, 0) is 72.9 Å². The average Bonchev–Trinajstić information content (AvgIpc) is 3.06. The number of alkyl halides is 7. The molecule has 0 aliphatic carbocycles. The Morgan fingerprint density at radius 1 is 0.963 bits per heavy atom. The normalized spacial score (nSPS) is 17.9. The van der Waals surface area contributed by atoms with Crippen molar-refractivity contribution in [3.8, 4) is 22.6 Å². The smallest absolute Gasteiger partial charge is 0.419 e. The fourth-order valence-corrected chi connectivity index (χ4v) is 6.76. The second-order valence-electron chi connectivity index (χ2n) is 13.1. The summed E-state index contributed by atoms with van der Waals surface area (Å²) in [6.07, 6.45) is -11.7. The number of amides is 1. The molecule has 1 saturated heterocycles. The van der Waals surface area contributed by atoms with Crippen molar-refractivity contribution < 1.29 is 54.2 Å². The minimum Gasteiger partial charge on any atom is -0.466 e. The molecule has 0 radical (unpaired) electrons. The predicted octanol–water partition coefficient (Wildman–Crippen LogP) is 7.70. The van der Waals surface area contributed by atoms with Gasteiger partial charge in [-0.25, -0.2) is 8.78 Å². The molecule has 2 aliphatic rings. The van der Waals surface area contributed by atoms with Gasteiger partial charge in [0.15, 0.2) is 0 Å². The first-order valence-electron chi connectivity index (χ1n) is 16.9. The maximum atomic E-state index is 16.1. The lowest BCUT2D eigenvalue weighted by Crippen LogP contribution is -2.49. The number of aryl methyl sites for hydroxylation is 1. The number of rotatable bonds is 7. The zero-order valence-electron chi connectivity index (χ0n) is 28.8. The van der Waals surface area contributed by atoms with Crippen LogP contribution in [0, 0.1) is 12.7 Å². The number of ether oxygens (including phenoxy) is 2. The van der Waals surface area contributed by atoms with Crippen molar-refractivity contribution in [1.29, 1.82) is 0 Å². The number of carbonyl (C=O) groups is 2. The number of carbonyl (C=O) groups excluding carboxylic acids is 2. The second-order valence-corrected chi connectivity index (χ2v) is 13.1. The van der Waals surface area contributed by atoms with Crippen LogP contribution in [0.3, 0.4) is 0 Å². The van der Waals surface area contributed by atoms with Gasteiger partial charge < -0.3 is 14.8 Å². The third kappa shape index (κ3) is 7.98. The monoisotopic (exact) mass is 763 g/mol. The van der Waals surface area contributed by atoms with E-state index in [2.05, 4.69) is 5.32 Å². The van der Waals surface area contributed by atoms with E-state index in [1.807, 2.05) is 0 Å². The van der Waals surface area contributed by atoms with E-state index < -0.39 is 82.5 Å². The minimum atomic E-state index is -5.24. The molecule has 1 fully saturated rings. The van der Waals surface area contributed by atoms with Crippen molar-refractivity contribution in [2.75, 3.05) is 26.2 Å². The SMILES string of the molecule is CCOC(=O)C[C@@H]1NC(=O)[C@@H](n2cc(CCN3CC(F)C3)c(C(F)(F)F)cc2=O)c2cccc(c2)Oc2cccc(C)c2-c2cc1c(F)c(C(F)(F)F)c2. The summed E-state index contributed by atoms with van der Waals surface area (Å²) in [5.74, 6) is -3.91. The van der Waals surface area contributed by atoms with Gasteiger partial charge in [-0.2, -0.15) is 26.3 Å². The molecule has 2 aliphatic heterocycles. The fraction of sp³-hybridized carbons (Fsp3) is 0.342. The molecule has 54 heavy (non-hydrogen) atoms. The molecule has 3 aromatic carbocycles. The zero-order chi connectivity index (χ0) is 39.1. The molecule has 1 aromatic heterocycles. The first kappa shape index (κ1) is 38.5. The summed E-state index contributed by atoms with van der Waals surface area (Å²) < 4.78 is 128. The van der Waals surface area contributed by atoms with Crippen molar-refractivity contribution in [3.63, 3.8) is 0 Å². The van der Waals surface area contributed by atoms with Gasteiger partial charge in [0.05, 0.1) is 30.2 Å². The Balaban J connectivity index is 1.59. The molecule has 2 atom stereocenters. The lowest BCUT2D eigenvalue weighted by molar-refractivity contribution is -0.144. The number of pyridine rings is 1. The molecule has 0 unspecified atom stereocenters. The second kappa shape index (κ2) is 14.9. The minimum absolute atomic E-state index is 0.000508. The predicted molar refractivity (Wildman–Crippen MR) is 179 cm³/mol. The molecule has 0 spiro atoms. The van der Waals surface area contributed by atoms with E-state index in [0.717, 1.165) is 16.8 Å². The van der Waals surface area contributed by atoms with Gasteiger partial charge in [0.25, 0.3) is 5.56 Å². The molecular weight excluding hydrogens is 730 g/mol. The molecule has 3 heterocycles. The molecule has 4 aromatic rings. The Bertz CT molecular complexity index is 2140. The number of likely N-dealkylation sites (tertiary alicyclic amines) is 1. The van der Waals surface area contributed by atoms with Crippen LogP contribution < -0.4 is 15.6 Å². The Morgan fingerprint density at radius 2 is 1.67 bits per heavy atom. The highest BCUT2D eigenvalue weighted by molar-refractivity contribution is 5.85. The van der Waals surface area contributed by atoms with Crippen molar-refractivity contribution in [2.24, 2.45) is 0 Å². The van der Waals surface area contributed by atoms with Crippen LogP contribution in [0.25, 0.3) is 11.1 Å². The summed E-state index contributed by atoms with van der Waals surface area (Å²) in [6.45, 7) is 2.91. The molecule has 16 heteroatoms. The largest absolute Gasteiger partial charge is 0.466 e. The number of nitrogens with zero attached hydrogens (tertiary/aromatic N) is 2. The zero-order valence-corrected chi connectivity index (χ0v) is 28.8. The van der Waals surface area contributed by atoms with Crippen LogP contribution in [0.2, 0.25) is 0 Å². The lowest BCUT2D eigenvalue weighted by atomic mass is 9.91. The lowest BCUT2D eigenvalue weighted by Gasteiger charge is -2.34. The van der Waals surface area contributed by atoms with E-state index in [4.69, 9.17) is 9.47 Å². The van der Waals surface area contributed by atoms with E-state index >= 15 is 4.39 Å². The van der Waals surface area contributed by atoms with E-state index in [1.165, 1.54) is 37.3 Å². The summed E-state index contributed by atoms with van der Waals surface area (Å²) in [5.41, 5.74) is -4.99. The summed E-state index contributed by atoms with van der Waals surface area (Å²) in [5, 5.41) is 2.41.